The lowest BCUT2D eigenvalue weighted by Gasteiger charge is -2.35. The molecule has 1 saturated heterocycles. The van der Waals surface area contributed by atoms with Gasteiger partial charge in [0.05, 0.1) is 18.8 Å². The Bertz CT molecular complexity index is 649. The molecule has 1 aromatic rings. The quantitative estimate of drug-likeness (QED) is 0.209. The molecule has 1 aliphatic rings. The molecule has 2 unspecified atom stereocenters. The van der Waals surface area contributed by atoms with Crippen molar-refractivity contribution < 1.29 is 22.6 Å². The molecule has 2 rings (SSSR count). The maximum absolute atomic E-state index is 12.2. The molecular formula is C21H34F3IN4O2. The number of nitrogens with zero attached hydrogens (tertiary/aromatic N) is 2. The summed E-state index contributed by atoms with van der Waals surface area (Å²) >= 11 is 0. The van der Waals surface area contributed by atoms with Crippen molar-refractivity contribution in [2.45, 2.75) is 52.1 Å². The Labute approximate surface area is 200 Å². The molecule has 1 heterocycles. The molecule has 0 amide bonds. The number of alkyl halides is 3. The van der Waals surface area contributed by atoms with E-state index in [2.05, 4.69) is 34.4 Å². The van der Waals surface area contributed by atoms with Crippen molar-refractivity contribution in [2.24, 2.45) is 4.99 Å². The molecule has 0 radical (unpaired) electrons. The van der Waals surface area contributed by atoms with E-state index in [1.807, 2.05) is 6.92 Å². The van der Waals surface area contributed by atoms with Gasteiger partial charge >= 0.3 is 6.18 Å². The van der Waals surface area contributed by atoms with Gasteiger partial charge in [0.25, 0.3) is 0 Å². The maximum atomic E-state index is 12.2. The molecule has 1 aliphatic heterocycles. The molecule has 0 aromatic heterocycles. The number of benzene rings is 1. The predicted molar refractivity (Wildman–Crippen MR) is 127 cm³/mol. The van der Waals surface area contributed by atoms with Crippen molar-refractivity contribution in [3.05, 3.63) is 29.8 Å². The normalized spacial score (nSPS) is 20.1. The first kappa shape index (κ1) is 27.8. The van der Waals surface area contributed by atoms with Gasteiger partial charge in [-0.1, -0.05) is 12.1 Å². The number of nitrogens with one attached hydrogen (secondary N) is 2. The summed E-state index contributed by atoms with van der Waals surface area (Å²) in [6.45, 7) is 9.81. The van der Waals surface area contributed by atoms with Crippen molar-refractivity contribution in [1.29, 1.82) is 0 Å². The Balaban J connectivity index is 0.00000480. The third-order valence-corrected chi connectivity index (χ3v) is 4.53. The number of ether oxygens (including phenoxy) is 2. The van der Waals surface area contributed by atoms with E-state index in [9.17, 15) is 13.2 Å². The van der Waals surface area contributed by atoms with Gasteiger partial charge in [-0.05, 0) is 44.9 Å². The average Bonchev–Trinajstić information content (AvgIpc) is 2.67. The molecule has 2 N–H and O–H groups in total. The van der Waals surface area contributed by atoms with E-state index < -0.39 is 12.8 Å². The minimum atomic E-state index is -4.34. The lowest BCUT2D eigenvalue weighted by atomic mass is 10.2. The molecule has 31 heavy (non-hydrogen) atoms. The largest absolute Gasteiger partial charge is 0.484 e. The Hall–Kier alpha value is -1.27. The van der Waals surface area contributed by atoms with Gasteiger partial charge in [-0.3, -0.25) is 4.90 Å². The van der Waals surface area contributed by atoms with Crippen molar-refractivity contribution in [2.75, 3.05) is 39.3 Å². The monoisotopic (exact) mass is 558 g/mol. The fourth-order valence-electron chi connectivity index (χ4n) is 3.34. The van der Waals surface area contributed by atoms with Gasteiger partial charge in [0.15, 0.2) is 12.6 Å². The van der Waals surface area contributed by atoms with Gasteiger partial charge in [0.1, 0.15) is 5.75 Å². The Kier molecular flexibility index (Phi) is 12.5. The first-order chi connectivity index (χ1) is 14.2. The van der Waals surface area contributed by atoms with Crippen LogP contribution in [0.15, 0.2) is 29.3 Å². The minimum Gasteiger partial charge on any atom is -0.484 e. The van der Waals surface area contributed by atoms with Gasteiger partial charge in [-0.25, -0.2) is 4.99 Å². The van der Waals surface area contributed by atoms with Crippen LogP contribution in [0, 0.1) is 0 Å². The van der Waals surface area contributed by atoms with Gasteiger partial charge in [0, 0.05) is 32.7 Å². The van der Waals surface area contributed by atoms with Crippen LogP contribution in [-0.4, -0.2) is 68.6 Å². The molecule has 1 aromatic carbocycles. The molecular weight excluding hydrogens is 524 g/mol. The van der Waals surface area contributed by atoms with Crippen molar-refractivity contribution in [3.8, 4) is 5.75 Å². The van der Waals surface area contributed by atoms with E-state index >= 15 is 0 Å². The molecule has 178 valence electrons. The Morgan fingerprint density at radius 1 is 1.16 bits per heavy atom. The van der Waals surface area contributed by atoms with E-state index in [1.165, 1.54) is 12.1 Å². The van der Waals surface area contributed by atoms with E-state index in [1.54, 1.807) is 12.1 Å². The number of guanidine groups is 1. The van der Waals surface area contributed by atoms with Crippen LogP contribution in [0.3, 0.4) is 0 Å². The van der Waals surface area contributed by atoms with Crippen LogP contribution in [0.2, 0.25) is 0 Å². The number of morpholine rings is 1. The van der Waals surface area contributed by atoms with E-state index in [4.69, 9.17) is 9.47 Å². The first-order valence-electron chi connectivity index (χ1n) is 10.4. The molecule has 0 spiro atoms. The third-order valence-electron chi connectivity index (χ3n) is 4.53. The predicted octanol–water partition coefficient (Wildman–Crippen LogP) is 3.80. The molecule has 1 fully saturated rings. The zero-order valence-corrected chi connectivity index (χ0v) is 20.7. The van der Waals surface area contributed by atoms with Crippen LogP contribution in [0.25, 0.3) is 0 Å². The minimum absolute atomic E-state index is 0. The average molecular weight is 558 g/mol. The smallest absolute Gasteiger partial charge is 0.422 e. The molecule has 10 heteroatoms. The van der Waals surface area contributed by atoms with E-state index in [0.29, 0.717) is 6.54 Å². The summed E-state index contributed by atoms with van der Waals surface area (Å²) < 4.78 is 47.1. The summed E-state index contributed by atoms with van der Waals surface area (Å²) in [7, 11) is 0. The molecule has 0 saturated carbocycles. The van der Waals surface area contributed by atoms with Crippen molar-refractivity contribution >= 4 is 29.9 Å². The summed E-state index contributed by atoms with van der Waals surface area (Å²) in [5, 5.41) is 6.54. The zero-order chi connectivity index (χ0) is 22.0. The second kappa shape index (κ2) is 14.0. The van der Waals surface area contributed by atoms with Crippen LogP contribution in [0.4, 0.5) is 13.2 Å². The lowest BCUT2D eigenvalue weighted by Crippen LogP contribution is -2.46. The Morgan fingerprint density at radius 3 is 2.39 bits per heavy atom. The highest BCUT2D eigenvalue weighted by Gasteiger charge is 2.28. The van der Waals surface area contributed by atoms with Crippen LogP contribution < -0.4 is 15.4 Å². The Morgan fingerprint density at radius 2 is 1.81 bits per heavy atom. The second-order valence-corrected chi connectivity index (χ2v) is 7.54. The number of aliphatic imine (C=N–C) groups is 1. The zero-order valence-electron chi connectivity index (χ0n) is 18.4. The van der Waals surface area contributed by atoms with Crippen LogP contribution >= 0.6 is 24.0 Å². The van der Waals surface area contributed by atoms with Crippen molar-refractivity contribution in [1.82, 2.24) is 15.5 Å². The van der Waals surface area contributed by atoms with Gasteiger partial charge in [-0.2, -0.15) is 13.2 Å². The fourth-order valence-corrected chi connectivity index (χ4v) is 3.34. The van der Waals surface area contributed by atoms with Crippen LogP contribution in [0.1, 0.15) is 32.8 Å². The highest BCUT2D eigenvalue weighted by Crippen LogP contribution is 2.19. The summed E-state index contributed by atoms with van der Waals surface area (Å²) in [4.78, 5) is 6.97. The number of hydrogen-bond acceptors (Lipinski definition) is 4. The first-order valence-corrected chi connectivity index (χ1v) is 10.4. The maximum Gasteiger partial charge on any atom is 0.422 e. The molecule has 2 atom stereocenters. The number of hydrogen-bond donors (Lipinski definition) is 2. The molecule has 6 nitrogen and oxygen atoms in total. The van der Waals surface area contributed by atoms with E-state index in [-0.39, 0.29) is 41.9 Å². The summed E-state index contributed by atoms with van der Waals surface area (Å²) in [5.74, 6) is 0.912. The van der Waals surface area contributed by atoms with Crippen molar-refractivity contribution in [3.63, 3.8) is 0 Å². The summed E-state index contributed by atoms with van der Waals surface area (Å²) in [6.07, 6.45) is -2.81. The highest BCUT2D eigenvalue weighted by molar-refractivity contribution is 14.0. The van der Waals surface area contributed by atoms with Gasteiger partial charge in [0.2, 0.25) is 0 Å². The standard InChI is InChI=1S/C21H33F3N4O2.HI/c1-4-25-20(26-10-5-11-28-13-16(2)30-17(3)14-28)27-12-18-6-8-19(9-7-18)29-15-21(22,23)24;/h6-9,16-17H,4-5,10-15H2,1-3H3,(H2,25,26,27);1H. The summed E-state index contributed by atoms with van der Waals surface area (Å²) in [6, 6.07) is 6.50. The SMILES string of the molecule is CCNC(=NCc1ccc(OCC(F)(F)F)cc1)NCCCN1CC(C)OC(C)C1.I. The number of rotatable bonds is 9. The van der Waals surface area contributed by atoms with Crippen LogP contribution in [-0.2, 0) is 11.3 Å². The van der Waals surface area contributed by atoms with Crippen LogP contribution in [0.5, 0.6) is 5.75 Å². The highest BCUT2D eigenvalue weighted by atomic mass is 127. The van der Waals surface area contributed by atoms with Gasteiger partial charge < -0.3 is 20.1 Å². The lowest BCUT2D eigenvalue weighted by molar-refractivity contribution is -0.153. The van der Waals surface area contributed by atoms with E-state index in [0.717, 1.165) is 50.7 Å². The number of halogens is 4. The molecule has 0 aliphatic carbocycles. The summed E-state index contributed by atoms with van der Waals surface area (Å²) in [5.41, 5.74) is 0.892. The third kappa shape index (κ3) is 11.8. The topological polar surface area (TPSA) is 58.1 Å². The second-order valence-electron chi connectivity index (χ2n) is 7.54. The van der Waals surface area contributed by atoms with Gasteiger partial charge in [-0.15, -0.1) is 24.0 Å². The fraction of sp³-hybridized carbons (Fsp3) is 0.667. The molecule has 0 bridgehead atoms.